The van der Waals surface area contributed by atoms with Crippen molar-refractivity contribution >= 4 is 28.3 Å². The number of aromatic nitrogens is 1. The van der Waals surface area contributed by atoms with Gasteiger partial charge in [-0.3, -0.25) is 0 Å². The molecule has 21 heavy (non-hydrogen) atoms. The average molecular weight is 279 g/mol. The minimum Gasteiger partial charge on any atom is -0.348 e. The smallest absolute Gasteiger partial charge is 0.323 e. The van der Waals surface area contributed by atoms with E-state index in [-0.39, 0.29) is 6.03 Å². The number of carbonyl (C=O) groups excluding carboxylic acids is 1. The number of hydrogen-bond acceptors (Lipinski definition) is 1. The predicted molar refractivity (Wildman–Crippen MR) is 86.7 cm³/mol. The van der Waals surface area contributed by atoms with Crippen LogP contribution < -0.4 is 10.6 Å². The van der Waals surface area contributed by atoms with Gasteiger partial charge >= 0.3 is 6.03 Å². The average Bonchev–Trinajstić information content (AvgIpc) is 2.78. The summed E-state index contributed by atoms with van der Waals surface area (Å²) in [4.78, 5) is 12.1. The van der Waals surface area contributed by atoms with Crippen LogP contribution in [0.3, 0.4) is 0 Å². The van der Waals surface area contributed by atoms with Gasteiger partial charge in [-0.05, 0) is 25.1 Å². The van der Waals surface area contributed by atoms with Crippen molar-refractivity contribution in [3.8, 4) is 0 Å². The molecule has 0 aliphatic carbocycles. The van der Waals surface area contributed by atoms with E-state index in [1.54, 1.807) is 0 Å². The van der Waals surface area contributed by atoms with E-state index in [2.05, 4.69) is 10.6 Å². The Morgan fingerprint density at radius 1 is 1.00 bits per heavy atom. The molecule has 3 rings (SSSR count). The van der Waals surface area contributed by atoms with Crippen molar-refractivity contribution in [2.24, 2.45) is 7.05 Å². The summed E-state index contributed by atoms with van der Waals surface area (Å²) >= 11 is 0. The maximum absolute atomic E-state index is 12.1. The molecule has 0 aliphatic rings. The van der Waals surface area contributed by atoms with Gasteiger partial charge in [-0.15, -0.1) is 0 Å². The summed E-state index contributed by atoms with van der Waals surface area (Å²) in [5, 5.41) is 6.76. The highest BCUT2D eigenvalue weighted by atomic mass is 16.2. The molecule has 4 nitrogen and oxygen atoms in total. The highest BCUT2D eigenvalue weighted by Crippen LogP contribution is 2.25. The van der Waals surface area contributed by atoms with Crippen LogP contribution in [-0.2, 0) is 7.05 Å². The first-order chi connectivity index (χ1) is 10.1. The van der Waals surface area contributed by atoms with Gasteiger partial charge in [0.1, 0.15) is 0 Å². The van der Waals surface area contributed by atoms with E-state index in [1.165, 1.54) is 0 Å². The Kier molecular flexibility index (Phi) is 3.36. The van der Waals surface area contributed by atoms with Crippen LogP contribution in [0.15, 0.2) is 54.7 Å². The van der Waals surface area contributed by atoms with Crippen LogP contribution in [0.2, 0.25) is 0 Å². The van der Waals surface area contributed by atoms with Crippen molar-refractivity contribution in [1.29, 1.82) is 0 Å². The van der Waals surface area contributed by atoms with Gasteiger partial charge < -0.3 is 15.2 Å². The van der Waals surface area contributed by atoms with Crippen molar-refractivity contribution in [1.82, 2.24) is 4.57 Å². The second-order valence-corrected chi connectivity index (χ2v) is 5.12. The normalized spacial score (nSPS) is 10.6. The summed E-state index contributed by atoms with van der Waals surface area (Å²) in [6.07, 6.45) is 1.92. The highest BCUT2D eigenvalue weighted by Gasteiger charge is 2.09. The third-order valence-electron chi connectivity index (χ3n) is 3.45. The molecule has 2 amide bonds. The largest absolute Gasteiger partial charge is 0.348 e. The van der Waals surface area contributed by atoms with Crippen LogP contribution >= 0.6 is 0 Å². The zero-order chi connectivity index (χ0) is 14.8. The first kappa shape index (κ1) is 13.2. The Hall–Kier alpha value is -2.75. The number of hydrogen-bond donors (Lipinski definition) is 2. The van der Waals surface area contributed by atoms with Crippen molar-refractivity contribution in [3.05, 3.63) is 60.3 Å². The number of rotatable bonds is 2. The Balaban J connectivity index is 1.79. The molecule has 4 heteroatoms. The zero-order valence-electron chi connectivity index (χ0n) is 12.1. The Morgan fingerprint density at radius 3 is 2.48 bits per heavy atom. The molecular weight excluding hydrogens is 262 g/mol. The monoisotopic (exact) mass is 279 g/mol. The van der Waals surface area contributed by atoms with Gasteiger partial charge in [0.05, 0.1) is 5.69 Å². The third kappa shape index (κ3) is 2.74. The van der Waals surface area contributed by atoms with Gasteiger partial charge in [-0.2, -0.15) is 0 Å². The molecule has 0 saturated heterocycles. The molecule has 106 valence electrons. The van der Waals surface area contributed by atoms with E-state index in [9.17, 15) is 4.79 Å². The maximum Gasteiger partial charge on any atom is 0.323 e. The van der Waals surface area contributed by atoms with Crippen LogP contribution in [0, 0.1) is 6.92 Å². The minimum absolute atomic E-state index is 0.241. The third-order valence-corrected chi connectivity index (χ3v) is 3.45. The SMILES string of the molecule is Cc1ccc(NC(=O)Nc2cn(C)c3ccccc23)cc1. The molecule has 0 fully saturated rings. The summed E-state index contributed by atoms with van der Waals surface area (Å²) in [6, 6.07) is 15.4. The number of amides is 2. The lowest BCUT2D eigenvalue weighted by molar-refractivity contribution is 0.262. The van der Waals surface area contributed by atoms with E-state index < -0.39 is 0 Å². The van der Waals surface area contributed by atoms with Crippen molar-refractivity contribution in [2.75, 3.05) is 10.6 Å². The van der Waals surface area contributed by atoms with Gasteiger partial charge in [-0.25, -0.2) is 4.79 Å². The highest BCUT2D eigenvalue weighted by molar-refractivity contribution is 6.06. The lowest BCUT2D eigenvalue weighted by atomic mass is 10.2. The van der Waals surface area contributed by atoms with Crippen LogP contribution in [0.25, 0.3) is 10.9 Å². The second-order valence-electron chi connectivity index (χ2n) is 5.12. The standard InChI is InChI=1S/C17H17N3O/c1-12-7-9-13(10-8-12)18-17(21)19-15-11-20(2)16-6-4-3-5-14(15)16/h3-11H,1-2H3,(H2,18,19,21). The van der Waals surface area contributed by atoms with Crippen molar-refractivity contribution < 1.29 is 4.79 Å². The molecule has 0 bridgehead atoms. The summed E-state index contributed by atoms with van der Waals surface area (Å²) in [5.74, 6) is 0. The topological polar surface area (TPSA) is 46.1 Å². The molecule has 2 N–H and O–H groups in total. The van der Waals surface area contributed by atoms with E-state index in [1.807, 2.05) is 73.3 Å². The summed E-state index contributed by atoms with van der Waals surface area (Å²) in [7, 11) is 1.96. The fraction of sp³-hybridized carbons (Fsp3) is 0.118. The summed E-state index contributed by atoms with van der Waals surface area (Å²) in [5.41, 5.74) is 3.83. The predicted octanol–water partition coefficient (Wildman–Crippen LogP) is 4.13. The number of benzene rings is 2. The molecular formula is C17H17N3O. The van der Waals surface area contributed by atoms with Crippen LogP contribution in [0.4, 0.5) is 16.2 Å². The first-order valence-corrected chi connectivity index (χ1v) is 6.82. The quantitative estimate of drug-likeness (QED) is 0.728. The van der Waals surface area contributed by atoms with E-state index in [0.717, 1.165) is 27.8 Å². The number of para-hydroxylation sites is 1. The zero-order valence-corrected chi connectivity index (χ0v) is 12.1. The first-order valence-electron chi connectivity index (χ1n) is 6.82. The van der Waals surface area contributed by atoms with Crippen molar-refractivity contribution in [2.45, 2.75) is 6.92 Å². The van der Waals surface area contributed by atoms with Crippen LogP contribution in [-0.4, -0.2) is 10.6 Å². The van der Waals surface area contributed by atoms with Crippen LogP contribution in [0.1, 0.15) is 5.56 Å². The number of carbonyl (C=O) groups is 1. The molecule has 2 aromatic carbocycles. The summed E-state index contributed by atoms with van der Waals surface area (Å²) in [6.45, 7) is 2.01. The van der Waals surface area contributed by atoms with Crippen molar-refractivity contribution in [3.63, 3.8) is 0 Å². The number of aryl methyl sites for hydroxylation is 2. The molecule has 0 radical (unpaired) electrons. The molecule has 0 aliphatic heterocycles. The molecule has 1 heterocycles. The van der Waals surface area contributed by atoms with E-state index in [4.69, 9.17) is 0 Å². The fourth-order valence-electron chi connectivity index (χ4n) is 2.36. The van der Waals surface area contributed by atoms with E-state index in [0.29, 0.717) is 0 Å². The number of nitrogens with zero attached hydrogens (tertiary/aromatic N) is 1. The van der Waals surface area contributed by atoms with Gasteiger partial charge in [0.15, 0.2) is 0 Å². The maximum atomic E-state index is 12.1. The van der Waals surface area contributed by atoms with E-state index >= 15 is 0 Å². The minimum atomic E-state index is -0.241. The molecule has 0 unspecified atom stereocenters. The molecule has 1 aromatic heterocycles. The number of fused-ring (bicyclic) bond motifs is 1. The Labute approximate surface area is 123 Å². The fourth-order valence-corrected chi connectivity index (χ4v) is 2.36. The lowest BCUT2D eigenvalue weighted by Gasteiger charge is -2.07. The molecule has 0 spiro atoms. The van der Waals surface area contributed by atoms with Gasteiger partial charge in [0.25, 0.3) is 0 Å². The Bertz CT molecular complexity index is 787. The van der Waals surface area contributed by atoms with Gasteiger partial charge in [-0.1, -0.05) is 35.9 Å². The molecule has 0 saturated carbocycles. The number of urea groups is 1. The second kappa shape index (κ2) is 5.32. The lowest BCUT2D eigenvalue weighted by Crippen LogP contribution is -2.19. The molecule has 3 aromatic rings. The summed E-state index contributed by atoms with van der Waals surface area (Å²) < 4.78 is 2.00. The van der Waals surface area contributed by atoms with Gasteiger partial charge in [0.2, 0.25) is 0 Å². The van der Waals surface area contributed by atoms with Crippen LogP contribution in [0.5, 0.6) is 0 Å². The molecule has 0 atom stereocenters. The van der Waals surface area contributed by atoms with Gasteiger partial charge in [0, 0.05) is 29.8 Å². The number of anilines is 2. The Morgan fingerprint density at radius 2 is 1.71 bits per heavy atom. The number of nitrogens with one attached hydrogen (secondary N) is 2.